The van der Waals surface area contributed by atoms with Crippen LogP contribution >= 0.6 is 23.1 Å². The molecule has 1 unspecified atom stereocenters. The standard InChI is InChI=1S/C17H22N4O2S2/c1-3-23-14-9-5-4-8-13(14)18-16-19-20-17(25-16)24-12(2)15(22)21-10-6-7-11-21/h4-5,8-9,12H,3,6-7,10-11H2,1-2H3,(H,18,19). The highest BCUT2D eigenvalue weighted by molar-refractivity contribution is 8.02. The Labute approximate surface area is 156 Å². The highest BCUT2D eigenvalue weighted by atomic mass is 32.2. The zero-order chi connectivity index (χ0) is 17.6. The number of aromatic nitrogens is 2. The number of amides is 1. The maximum atomic E-state index is 12.4. The van der Waals surface area contributed by atoms with Crippen LogP contribution in [-0.2, 0) is 4.79 Å². The fourth-order valence-corrected chi connectivity index (χ4v) is 4.66. The van der Waals surface area contributed by atoms with Gasteiger partial charge in [-0.2, -0.15) is 0 Å². The fourth-order valence-electron chi connectivity index (χ4n) is 2.67. The average molecular weight is 379 g/mol. The summed E-state index contributed by atoms with van der Waals surface area (Å²) in [7, 11) is 0. The van der Waals surface area contributed by atoms with Gasteiger partial charge in [0.15, 0.2) is 4.34 Å². The number of thioether (sulfide) groups is 1. The molecule has 1 aromatic carbocycles. The molecule has 1 fully saturated rings. The predicted molar refractivity (Wildman–Crippen MR) is 102 cm³/mol. The minimum atomic E-state index is -0.144. The molecule has 0 radical (unpaired) electrons. The number of para-hydroxylation sites is 2. The molecule has 1 aromatic heterocycles. The van der Waals surface area contributed by atoms with E-state index in [1.807, 2.05) is 43.0 Å². The number of hydrogen-bond donors (Lipinski definition) is 1. The quantitative estimate of drug-likeness (QED) is 0.740. The van der Waals surface area contributed by atoms with Crippen LogP contribution in [0.15, 0.2) is 28.6 Å². The Balaban J connectivity index is 1.61. The third-order valence-corrected chi connectivity index (χ3v) is 5.89. The first-order chi connectivity index (χ1) is 12.2. The number of anilines is 2. The second-order valence-corrected chi connectivity index (χ2v) is 8.29. The van der Waals surface area contributed by atoms with E-state index in [1.165, 1.54) is 23.1 Å². The number of carbonyl (C=O) groups is 1. The molecule has 0 saturated carbocycles. The van der Waals surface area contributed by atoms with Crippen LogP contribution in [0.1, 0.15) is 26.7 Å². The van der Waals surface area contributed by atoms with Crippen molar-refractivity contribution in [2.24, 2.45) is 0 Å². The maximum absolute atomic E-state index is 12.4. The Morgan fingerprint density at radius 1 is 1.36 bits per heavy atom. The SMILES string of the molecule is CCOc1ccccc1Nc1nnc(SC(C)C(=O)N2CCCC2)s1. The van der Waals surface area contributed by atoms with E-state index in [0.29, 0.717) is 11.7 Å². The number of ether oxygens (including phenoxy) is 1. The molecule has 1 atom stereocenters. The van der Waals surface area contributed by atoms with Gasteiger partial charge in [-0.25, -0.2) is 0 Å². The lowest BCUT2D eigenvalue weighted by molar-refractivity contribution is -0.129. The van der Waals surface area contributed by atoms with Crippen molar-refractivity contribution in [1.82, 2.24) is 15.1 Å². The van der Waals surface area contributed by atoms with E-state index in [1.54, 1.807) is 0 Å². The molecular weight excluding hydrogens is 356 g/mol. The van der Waals surface area contributed by atoms with Gasteiger partial charge in [0.1, 0.15) is 5.75 Å². The van der Waals surface area contributed by atoms with E-state index in [-0.39, 0.29) is 11.2 Å². The van der Waals surface area contributed by atoms with Gasteiger partial charge in [-0.1, -0.05) is 35.2 Å². The number of hydrogen-bond acceptors (Lipinski definition) is 7. The minimum absolute atomic E-state index is 0.144. The fraction of sp³-hybridized carbons (Fsp3) is 0.471. The van der Waals surface area contributed by atoms with E-state index in [4.69, 9.17) is 4.74 Å². The largest absolute Gasteiger partial charge is 0.492 e. The molecule has 0 bridgehead atoms. The summed E-state index contributed by atoms with van der Waals surface area (Å²) in [6, 6.07) is 7.74. The lowest BCUT2D eigenvalue weighted by Crippen LogP contribution is -2.33. The first kappa shape index (κ1) is 18.0. The Morgan fingerprint density at radius 3 is 2.88 bits per heavy atom. The van der Waals surface area contributed by atoms with Crippen molar-refractivity contribution in [2.45, 2.75) is 36.3 Å². The van der Waals surface area contributed by atoms with Crippen molar-refractivity contribution in [3.63, 3.8) is 0 Å². The number of nitrogens with one attached hydrogen (secondary N) is 1. The van der Waals surface area contributed by atoms with Crippen molar-refractivity contribution < 1.29 is 9.53 Å². The van der Waals surface area contributed by atoms with Gasteiger partial charge in [0.25, 0.3) is 0 Å². The van der Waals surface area contributed by atoms with Crippen LogP contribution in [0.3, 0.4) is 0 Å². The lowest BCUT2D eigenvalue weighted by Gasteiger charge is -2.18. The molecule has 1 saturated heterocycles. The molecule has 1 aliphatic heterocycles. The first-order valence-corrected chi connectivity index (χ1v) is 10.1. The summed E-state index contributed by atoms with van der Waals surface area (Å²) in [6.45, 7) is 6.24. The summed E-state index contributed by atoms with van der Waals surface area (Å²) >= 11 is 2.91. The zero-order valence-corrected chi connectivity index (χ0v) is 16.0. The Kier molecular flexibility index (Phi) is 6.14. The van der Waals surface area contributed by atoms with Gasteiger partial charge in [0.05, 0.1) is 17.5 Å². The number of likely N-dealkylation sites (tertiary alicyclic amines) is 1. The Hall–Kier alpha value is -1.80. The highest BCUT2D eigenvalue weighted by Crippen LogP contribution is 2.33. The van der Waals surface area contributed by atoms with Gasteiger partial charge in [0.2, 0.25) is 11.0 Å². The summed E-state index contributed by atoms with van der Waals surface area (Å²) in [4.78, 5) is 14.3. The van der Waals surface area contributed by atoms with Crippen LogP contribution in [0.4, 0.5) is 10.8 Å². The van der Waals surface area contributed by atoms with Crippen molar-refractivity contribution in [3.05, 3.63) is 24.3 Å². The molecule has 134 valence electrons. The molecule has 3 rings (SSSR count). The number of rotatable bonds is 7. The van der Waals surface area contributed by atoms with E-state index in [9.17, 15) is 4.79 Å². The van der Waals surface area contributed by atoms with Crippen molar-refractivity contribution >= 4 is 39.8 Å². The normalized spacial score (nSPS) is 15.2. The van der Waals surface area contributed by atoms with Crippen LogP contribution in [0.2, 0.25) is 0 Å². The lowest BCUT2D eigenvalue weighted by atomic mass is 10.3. The Bertz CT molecular complexity index is 716. The van der Waals surface area contributed by atoms with Crippen LogP contribution in [0.25, 0.3) is 0 Å². The zero-order valence-electron chi connectivity index (χ0n) is 14.4. The van der Waals surface area contributed by atoms with Gasteiger partial charge in [-0.3, -0.25) is 4.79 Å². The van der Waals surface area contributed by atoms with Crippen LogP contribution in [0.5, 0.6) is 5.75 Å². The molecule has 0 spiro atoms. The van der Waals surface area contributed by atoms with Crippen LogP contribution in [0, 0.1) is 0 Å². The molecule has 0 aliphatic carbocycles. The molecule has 1 amide bonds. The van der Waals surface area contributed by atoms with Crippen LogP contribution in [-0.4, -0.2) is 46.0 Å². The van der Waals surface area contributed by atoms with Gasteiger partial charge in [-0.15, -0.1) is 10.2 Å². The molecule has 8 heteroatoms. The van der Waals surface area contributed by atoms with Gasteiger partial charge < -0.3 is 15.0 Å². The van der Waals surface area contributed by atoms with Crippen molar-refractivity contribution in [1.29, 1.82) is 0 Å². The molecule has 6 nitrogen and oxygen atoms in total. The van der Waals surface area contributed by atoms with Gasteiger partial charge >= 0.3 is 0 Å². The monoisotopic (exact) mass is 378 g/mol. The average Bonchev–Trinajstić information content (AvgIpc) is 3.28. The Morgan fingerprint density at radius 2 is 2.12 bits per heavy atom. The molecule has 1 N–H and O–H groups in total. The first-order valence-electron chi connectivity index (χ1n) is 8.45. The van der Waals surface area contributed by atoms with E-state index in [0.717, 1.165) is 41.7 Å². The third-order valence-electron chi connectivity index (χ3n) is 3.88. The molecule has 2 heterocycles. The van der Waals surface area contributed by atoms with Gasteiger partial charge in [-0.05, 0) is 38.8 Å². The summed E-state index contributed by atoms with van der Waals surface area (Å²) in [5.41, 5.74) is 0.859. The molecular formula is C17H22N4O2S2. The molecule has 1 aliphatic rings. The summed E-state index contributed by atoms with van der Waals surface area (Å²) in [6.07, 6.45) is 2.21. The van der Waals surface area contributed by atoms with E-state index in [2.05, 4.69) is 15.5 Å². The second-order valence-electron chi connectivity index (χ2n) is 5.72. The minimum Gasteiger partial charge on any atom is -0.492 e. The topological polar surface area (TPSA) is 67.3 Å². The van der Waals surface area contributed by atoms with E-state index >= 15 is 0 Å². The second kappa shape index (κ2) is 8.53. The number of carbonyl (C=O) groups excluding carboxylic acids is 1. The smallest absolute Gasteiger partial charge is 0.235 e. The summed E-state index contributed by atoms with van der Waals surface area (Å²) < 4.78 is 6.40. The molecule has 25 heavy (non-hydrogen) atoms. The number of nitrogens with zero attached hydrogens (tertiary/aromatic N) is 3. The van der Waals surface area contributed by atoms with Gasteiger partial charge in [0, 0.05) is 13.1 Å². The summed E-state index contributed by atoms with van der Waals surface area (Å²) in [5, 5.41) is 12.2. The third kappa shape index (κ3) is 4.64. The van der Waals surface area contributed by atoms with Crippen molar-refractivity contribution in [3.8, 4) is 5.75 Å². The summed E-state index contributed by atoms with van der Waals surface area (Å²) in [5.74, 6) is 0.973. The predicted octanol–water partition coefficient (Wildman–Crippen LogP) is 3.78. The van der Waals surface area contributed by atoms with Crippen LogP contribution < -0.4 is 10.1 Å². The maximum Gasteiger partial charge on any atom is 0.235 e. The number of benzene rings is 1. The van der Waals surface area contributed by atoms with E-state index < -0.39 is 0 Å². The molecule has 2 aromatic rings. The highest BCUT2D eigenvalue weighted by Gasteiger charge is 2.25. The van der Waals surface area contributed by atoms with Crippen molar-refractivity contribution in [2.75, 3.05) is 25.0 Å².